The Bertz CT molecular complexity index is 1820. The molecule has 6 rings (SSSR count). The number of nitrogens with one attached hydrogen (secondary N) is 1. The SMILES string of the molecule is CB(O)N[C@@H](c1ccccc1)[C@@H](C)C(=O)O[C@H]1C[C@@]2(O)[C@@H](OC(=O)c3ccccc3)[C@@H]3[C@]4(OC(C)=O)CO[C@@H]4C[C@H](C)[C@@]3(C)C(=O)[C@H](C)C(=C1C)C2(C)C. The smallest absolute Gasteiger partial charge is 0.374 e. The molecule has 1 aliphatic heterocycles. The Morgan fingerprint density at radius 2 is 1.61 bits per heavy atom. The van der Waals surface area contributed by atoms with Crippen LogP contribution in [0, 0.1) is 34.5 Å². The maximum absolute atomic E-state index is 15.3. The molecule has 0 unspecified atom stereocenters. The highest BCUT2D eigenvalue weighted by molar-refractivity contribution is 6.45. The fourth-order valence-corrected chi connectivity index (χ4v) is 10.4. The summed E-state index contributed by atoms with van der Waals surface area (Å²) < 4.78 is 25.2. The average molecular weight is 744 g/mol. The minimum absolute atomic E-state index is 0.0451. The van der Waals surface area contributed by atoms with Crippen molar-refractivity contribution < 1.29 is 48.3 Å². The van der Waals surface area contributed by atoms with Gasteiger partial charge in [-0.2, -0.15) is 0 Å². The van der Waals surface area contributed by atoms with Gasteiger partial charge in [0, 0.05) is 36.1 Å². The maximum Gasteiger partial charge on any atom is 0.374 e. The lowest BCUT2D eigenvalue weighted by Gasteiger charge is -2.68. The fraction of sp³-hybridized carbons (Fsp3) is 0.571. The van der Waals surface area contributed by atoms with Crippen LogP contribution in [0.1, 0.15) is 90.2 Å². The number of ketones is 1. The van der Waals surface area contributed by atoms with Crippen molar-refractivity contribution in [1.82, 2.24) is 5.23 Å². The number of ether oxygens (including phenoxy) is 4. The molecule has 0 spiro atoms. The van der Waals surface area contributed by atoms with Gasteiger partial charge < -0.3 is 34.3 Å². The van der Waals surface area contributed by atoms with E-state index in [0.717, 1.165) is 5.56 Å². The molecular formula is C42H54BNO10. The first-order chi connectivity index (χ1) is 25.3. The number of aliphatic hydroxyl groups is 1. The minimum atomic E-state index is -1.96. The monoisotopic (exact) mass is 743 g/mol. The van der Waals surface area contributed by atoms with E-state index in [0.29, 0.717) is 17.6 Å². The van der Waals surface area contributed by atoms with Crippen LogP contribution in [0.5, 0.6) is 0 Å². The van der Waals surface area contributed by atoms with Crippen molar-refractivity contribution in [2.24, 2.45) is 34.5 Å². The predicted octanol–water partition coefficient (Wildman–Crippen LogP) is 5.26. The zero-order chi connectivity index (χ0) is 39.5. The lowest BCUT2D eigenvalue weighted by molar-refractivity contribution is -0.339. The maximum atomic E-state index is 15.3. The molecule has 2 saturated carbocycles. The second-order valence-corrected chi connectivity index (χ2v) is 16.8. The summed E-state index contributed by atoms with van der Waals surface area (Å²) in [6.07, 6.45) is -2.81. The van der Waals surface area contributed by atoms with Crippen LogP contribution in [-0.4, -0.2) is 77.0 Å². The summed E-state index contributed by atoms with van der Waals surface area (Å²) in [6, 6.07) is 17.1. The van der Waals surface area contributed by atoms with Gasteiger partial charge in [-0.05, 0) is 54.9 Å². The van der Waals surface area contributed by atoms with E-state index < -0.39 is 89.1 Å². The molecule has 11 nitrogen and oxygen atoms in total. The highest BCUT2D eigenvalue weighted by atomic mass is 16.6. The van der Waals surface area contributed by atoms with E-state index in [1.54, 1.807) is 44.1 Å². The average Bonchev–Trinajstić information content (AvgIpc) is 3.12. The van der Waals surface area contributed by atoms with Crippen LogP contribution in [0.25, 0.3) is 0 Å². The number of benzene rings is 2. The molecule has 0 aromatic heterocycles. The van der Waals surface area contributed by atoms with Gasteiger partial charge in [0.05, 0.1) is 24.0 Å². The Morgan fingerprint density at radius 3 is 2.17 bits per heavy atom. The topological polar surface area (TPSA) is 158 Å². The number of hydrogen-bond donors (Lipinski definition) is 3. The van der Waals surface area contributed by atoms with Crippen LogP contribution >= 0.6 is 0 Å². The predicted molar refractivity (Wildman–Crippen MR) is 201 cm³/mol. The summed E-state index contributed by atoms with van der Waals surface area (Å²) in [5.74, 6) is -4.93. The van der Waals surface area contributed by atoms with Crippen molar-refractivity contribution >= 4 is 30.7 Å². The fourth-order valence-electron chi connectivity index (χ4n) is 10.4. The Kier molecular flexibility index (Phi) is 10.6. The van der Waals surface area contributed by atoms with E-state index in [1.165, 1.54) is 6.92 Å². The van der Waals surface area contributed by atoms with Crippen molar-refractivity contribution in [1.29, 1.82) is 0 Å². The van der Waals surface area contributed by atoms with E-state index >= 15 is 4.79 Å². The van der Waals surface area contributed by atoms with Crippen molar-refractivity contribution in [3.63, 3.8) is 0 Å². The molecule has 3 N–H and O–H groups in total. The molecule has 54 heavy (non-hydrogen) atoms. The summed E-state index contributed by atoms with van der Waals surface area (Å²) in [5.41, 5.74) is -3.53. The molecule has 12 heteroatoms. The van der Waals surface area contributed by atoms with E-state index in [1.807, 2.05) is 71.9 Å². The van der Waals surface area contributed by atoms with Crippen LogP contribution in [0.2, 0.25) is 6.82 Å². The van der Waals surface area contributed by atoms with Gasteiger partial charge in [0.15, 0.2) is 5.60 Å². The molecular weight excluding hydrogens is 689 g/mol. The third-order valence-corrected chi connectivity index (χ3v) is 13.4. The van der Waals surface area contributed by atoms with E-state index in [9.17, 15) is 24.5 Å². The molecule has 1 heterocycles. The summed E-state index contributed by atoms with van der Waals surface area (Å²) >= 11 is 0. The number of Topliss-reactive ketones (excluding diaryl/α,β-unsaturated/α-hetero) is 1. The molecule has 2 aromatic carbocycles. The first kappa shape index (κ1) is 39.8. The second kappa shape index (κ2) is 14.3. The second-order valence-electron chi connectivity index (χ2n) is 16.8. The number of fused-ring (bicyclic) bond motifs is 5. The van der Waals surface area contributed by atoms with E-state index in [2.05, 4.69) is 5.23 Å². The molecule has 11 atom stereocenters. The quantitative estimate of drug-likeness (QED) is 0.133. The molecule has 3 aliphatic carbocycles. The van der Waals surface area contributed by atoms with Crippen LogP contribution < -0.4 is 5.23 Å². The van der Waals surface area contributed by atoms with E-state index in [4.69, 9.17) is 18.9 Å². The van der Waals surface area contributed by atoms with Crippen molar-refractivity contribution in [3.8, 4) is 0 Å². The summed E-state index contributed by atoms with van der Waals surface area (Å²) in [4.78, 5) is 56.6. The number of rotatable bonds is 9. The van der Waals surface area contributed by atoms with Gasteiger partial charge in [-0.1, -0.05) is 90.1 Å². The van der Waals surface area contributed by atoms with Crippen LogP contribution in [-0.2, 0) is 33.3 Å². The molecule has 0 radical (unpaired) electrons. The van der Waals surface area contributed by atoms with Gasteiger partial charge in [-0.3, -0.25) is 14.4 Å². The van der Waals surface area contributed by atoms with Gasteiger partial charge in [0.2, 0.25) is 0 Å². The highest BCUT2D eigenvalue weighted by Crippen LogP contribution is 2.66. The van der Waals surface area contributed by atoms with Crippen LogP contribution in [0.4, 0.5) is 0 Å². The van der Waals surface area contributed by atoms with Gasteiger partial charge in [-0.15, -0.1) is 0 Å². The molecule has 3 fully saturated rings. The van der Waals surface area contributed by atoms with Crippen molar-refractivity contribution in [3.05, 3.63) is 82.9 Å². The number of carbonyl (C=O) groups excluding carboxylic acids is 4. The molecule has 1 saturated heterocycles. The van der Waals surface area contributed by atoms with Gasteiger partial charge >= 0.3 is 25.0 Å². The van der Waals surface area contributed by atoms with Gasteiger partial charge in [0.1, 0.15) is 29.7 Å². The normalized spacial score (nSPS) is 35.1. The van der Waals surface area contributed by atoms with Crippen LogP contribution in [0.3, 0.4) is 0 Å². The molecule has 0 amide bonds. The molecule has 2 bridgehead atoms. The molecule has 290 valence electrons. The van der Waals surface area contributed by atoms with Crippen LogP contribution in [0.15, 0.2) is 71.8 Å². The van der Waals surface area contributed by atoms with Crippen molar-refractivity contribution in [2.75, 3.05) is 6.61 Å². The third kappa shape index (κ3) is 6.23. The zero-order valence-electron chi connectivity index (χ0n) is 32.8. The lowest BCUT2D eigenvalue weighted by atomic mass is 9.42. The molecule has 4 aliphatic rings. The Hall–Kier alpha value is -3.84. The lowest BCUT2D eigenvalue weighted by Crippen LogP contribution is -2.80. The largest absolute Gasteiger partial charge is 0.457 e. The van der Waals surface area contributed by atoms with E-state index in [-0.39, 0.29) is 30.3 Å². The first-order valence-corrected chi connectivity index (χ1v) is 19.1. The van der Waals surface area contributed by atoms with Crippen molar-refractivity contribution in [2.45, 2.75) is 111 Å². The van der Waals surface area contributed by atoms with Gasteiger partial charge in [-0.25, -0.2) is 4.79 Å². The summed E-state index contributed by atoms with van der Waals surface area (Å²) in [7, 11) is -0.930. The number of hydrogen-bond acceptors (Lipinski definition) is 11. The number of esters is 3. The van der Waals surface area contributed by atoms with Gasteiger partial charge in [0.25, 0.3) is 0 Å². The summed E-state index contributed by atoms with van der Waals surface area (Å²) in [5, 5.41) is 27.0. The number of carbonyl (C=O) groups is 4. The minimum Gasteiger partial charge on any atom is -0.457 e. The third-order valence-electron chi connectivity index (χ3n) is 13.4. The molecule has 2 aromatic rings. The Morgan fingerprint density at radius 1 is 1.00 bits per heavy atom. The Balaban J connectivity index is 1.52. The first-order valence-electron chi connectivity index (χ1n) is 19.1. The Labute approximate surface area is 318 Å². The highest BCUT2D eigenvalue weighted by Gasteiger charge is 2.77. The summed E-state index contributed by atoms with van der Waals surface area (Å²) in [6.45, 7) is 15.7. The standard InChI is InChI=1S/C42H54BNO10/c1-23-20-31-41(22-51-31,54-27(5)45)34-36(53-38(48)29-18-14-11-15-19-29)42(49)21-30(24(2)32(39(42,6)7)25(3)35(46)40(23,34)8)52-37(47)26(4)33(44-43(9)50)28-16-12-10-13-17-28/h10-19,23,25-26,30-31,33-34,36,44,49-50H,20-22H2,1-9H3/t23-,25+,26+,30-,31+,33+,34-,36-,40+,41-,42+/m0/s1. The zero-order valence-corrected chi connectivity index (χ0v) is 32.8.